The summed E-state index contributed by atoms with van der Waals surface area (Å²) in [5.74, 6) is 1.23. The molecule has 0 aliphatic carbocycles. The number of nitrogens with zero attached hydrogens (tertiary/aromatic N) is 5. The zero-order valence-electron chi connectivity index (χ0n) is 15.7. The van der Waals surface area contributed by atoms with Crippen molar-refractivity contribution in [1.82, 2.24) is 29.8 Å². The van der Waals surface area contributed by atoms with Gasteiger partial charge in [-0.1, -0.05) is 66.7 Å². The van der Waals surface area contributed by atoms with E-state index in [0.29, 0.717) is 5.78 Å². The Bertz CT molecular complexity index is 1700. The normalized spacial score (nSPS) is 12.0. The van der Waals surface area contributed by atoms with Crippen molar-refractivity contribution in [3.63, 3.8) is 0 Å². The Hall–Kier alpha value is -4.32. The number of hydrogen-bond acceptors (Lipinski definition) is 4. The molecular weight excluding hydrogens is 372 g/mol. The standard InChI is InChI=1S/C24H14N6/c1-3-9-16-14(7-1)13-15-8-2-4-10-17(15)20(16)22-27-29-24-28-26-21-18-11-5-6-12-19(18)25-23(21)30(22)24/h1-13,25H. The summed E-state index contributed by atoms with van der Waals surface area (Å²) in [5, 5.41) is 23.3. The summed E-state index contributed by atoms with van der Waals surface area (Å²) in [4.78, 5) is 3.49. The molecule has 0 amide bonds. The summed E-state index contributed by atoms with van der Waals surface area (Å²) in [6.45, 7) is 0. The molecule has 140 valence electrons. The van der Waals surface area contributed by atoms with E-state index in [1.807, 2.05) is 28.7 Å². The summed E-state index contributed by atoms with van der Waals surface area (Å²) in [5.41, 5.74) is 3.71. The van der Waals surface area contributed by atoms with E-state index in [2.05, 4.69) is 80.0 Å². The second-order valence-electron chi connectivity index (χ2n) is 7.42. The average molecular weight is 386 g/mol. The SMILES string of the molecule is c1ccc2c(-c3nnc4nnc5c6ccccc6[nH]c5n34)c3ccccc3cc2c1. The fourth-order valence-electron chi connectivity index (χ4n) is 4.43. The van der Waals surface area contributed by atoms with Gasteiger partial charge in [-0.3, -0.25) is 0 Å². The van der Waals surface area contributed by atoms with Crippen LogP contribution in [0.4, 0.5) is 0 Å². The Morgan fingerprint density at radius 3 is 2.03 bits per heavy atom. The summed E-state index contributed by atoms with van der Waals surface area (Å²) < 4.78 is 1.98. The molecular formula is C24H14N6. The van der Waals surface area contributed by atoms with Crippen LogP contribution < -0.4 is 0 Å². The summed E-state index contributed by atoms with van der Waals surface area (Å²) >= 11 is 0. The van der Waals surface area contributed by atoms with Gasteiger partial charge in [-0.15, -0.1) is 20.4 Å². The van der Waals surface area contributed by atoms with Crippen molar-refractivity contribution >= 4 is 49.4 Å². The van der Waals surface area contributed by atoms with Gasteiger partial charge in [0.2, 0.25) is 0 Å². The van der Waals surface area contributed by atoms with Crippen LogP contribution >= 0.6 is 0 Å². The zero-order chi connectivity index (χ0) is 19.7. The highest BCUT2D eigenvalue weighted by Gasteiger charge is 2.19. The second-order valence-corrected chi connectivity index (χ2v) is 7.42. The molecule has 0 radical (unpaired) electrons. The van der Waals surface area contributed by atoms with Crippen LogP contribution in [0.25, 0.3) is 60.8 Å². The number of aromatic nitrogens is 6. The van der Waals surface area contributed by atoms with Gasteiger partial charge in [0.05, 0.1) is 0 Å². The number of nitrogens with one attached hydrogen (secondary N) is 1. The highest BCUT2D eigenvalue weighted by atomic mass is 15.3. The smallest absolute Gasteiger partial charge is 0.276 e. The zero-order valence-corrected chi connectivity index (χ0v) is 15.7. The third kappa shape index (κ3) is 1.97. The Morgan fingerprint density at radius 1 is 0.633 bits per heavy atom. The molecule has 0 bridgehead atoms. The molecule has 6 heteroatoms. The third-order valence-electron chi connectivity index (χ3n) is 5.76. The highest BCUT2D eigenvalue weighted by Crippen LogP contribution is 2.36. The maximum atomic E-state index is 4.58. The van der Waals surface area contributed by atoms with Gasteiger partial charge < -0.3 is 4.98 Å². The Kier molecular flexibility index (Phi) is 2.91. The maximum absolute atomic E-state index is 4.58. The highest BCUT2D eigenvalue weighted by molar-refractivity contribution is 6.12. The van der Waals surface area contributed by atoms with Crippen molar-refractivity contribution in [3.05, 3.63) is 78.9 Å². The molecule has 1 N–H and O–H groups in total. The van der Waals surface area contributed by atoms with Crippen LogP contribution in [-0.4, -0.2) is 29.8 Å². The van der Waals surface area contributed by atoms with Crippen molar-refractivity contribution in [1.29, 1.82) is 0 Å². The van der Waals surface area contributed by atoms with E-state index >= 15 is 0 Å². The fourth-order valence-corrected chi connectivity index (χ4v) is 4.43. The minimum Gasteiger partial charge on any atom is -0.339 e. The van der Waals surface area contributed by atoms with Crippen molar-refractivity contribution < 1.29 is 0 Å². The number of hydrogen-bond donors (Lipinski definition) is 1. The van der Waals surface area contributed by atoms with Crippen LogP contribution in [0.2, 0.25) is 0 Å². The minimum absolute atomic E-state index is 0.473. The van der Waals surface area contributed by atoms with Crippen LogP contribution in [-0.2, 0) is 0 Å². The Labute approximate surface area is 169 Å². The molecule has 7 aromatic rings. The van der Waals surface area contributed by atoms with Gasteiger partial charge in [0.1, 0.15) is 11.2 Å². The lowest BCUT2D eigenvalue weighted by atomic mass is 9.96. The molecule has 3 aromatic heterocycles. The first kappa shape index (κ1) is 15.6. The van der Waals surface area contributed by atoms with Crippen molar-refractivity contribution in [3.8, 4) is 11.4 Å². The van der Waals surface area contributed by atoms with E-state index in [9.17, 15) is 0 Å². The summed E-state index contributed by atoms with van der Waals surface area (Å²) in [6, 6.07) is 27.1. The molecule has 0 aliphatic heterocycles. The predicted octanol–water partition coefficient (Wildman–Crippen LogP) is 5.13. The molecule has 30 heavy (non-hydrogen) atoms. The lowest BCUT2D eigenvalue weighted by Crippen LogP contribution is -1.97. The topological polar surface area (TPSA) is 71.8 Å². The minimum atomic E-state index is 0.473. The van der Waals surface area contributed by atoms with Gasteiger partial charge in [-0.05, 0) is 33.7 Å². The first-order valence-electron chi connectivity index (χ1n) is 9.77. The number of fused-ring (bicyclic) bond motifs is 7. The number of H-pyrrole nitrogens is 1. The molecule has 6 nitrogen and oxygen atoms in total. The van der Waals surface area contributed by atoms with Crippen LogP contribution in [0.1, 0.15) is 0 Å². The molecule has 4 aromatic carbocycles. The monoisotopic (exact) mass is 386 g/mol. The largest absolute Gasteiger partial charge is 0.339 e. The number of benzene rings is 4. The third-order valence-corrected chi connectivity index (χ3v) is 5.76. The second kappa shape index (κ2) is 5.61. The Morgan fingerprint density at radius 2 is 1.27 bits per heavy atom. The van der Waals surface area contributed by atoms with E-state index < -0.39 is 0 Å². The van der Waals surface area contributed by atoms with E-state index in [4.69, 9.17) is 0 Å². The molecule has 7 rings (SSSR count). The molecule has 0 unspecified atom stereocenters. The fraction of sp³-hybridized carbons (Fsp3) is 0. The van der Waals surface area contributed by atoms with Gasteiger partial charge in [0.25, 0.3) is 5.78 Å². The number of para-hydroxylation sites is 1. The van der Waals surface area contributed by atoms with Crippen LogP contribution in [0.5, 0.6) is 0 Å². The molecule has 0 fully saturated rings. The Balaban J connectivity index is 1.72. The van der Waals surface area contributed by atoms with Gasteiger partial charge in [-0.2, -0.15) is 0 Å². The van der Waals surface area contributed by atoms with E-state index in [1.165, 1.54) is 0 Å². The van der Waals surface area contributed by atoms with E-state index in [-0.39, 0.29) is 0 Å². The molecule has 0 saturated carbocycles. The molecule has 0 saturated heterocycles. The molecule has 0 aliphatic rings. The lowest BCUT2D eigenvalue weighted by Gasteiger charge is -2.10. The van der Waals surface area contributed by atoms with Gasteiger partial charge in [0.15, 0.2) is 5.82 Å². The van der Waals surface area contributed by atoms with Crippen LogP contribution in [0.3, 0.4) is 0 Å². The number of rotatable bonds is 1. The molecule has 0 atom stereocenters. The van der Waals surface area contributed by atoms with Gasteiger partial charge in [-0.25, -0.2) is 4.40 Å². The number of aromatic amines is 1. The first-order chi connectivity index (χ1) is 14.9. The van der Waals surface area contributed by atoms with E-state index in [0.717, 1.165) is 55.0 Å². The van der Waals surface area contributed by atoms with Crippen LogP contribution in [0.15, 0.2) is 78.9 Å². The van der Waals surface area contributed by atoms with Crippen molar-refractivity contribution in [2.45, 2.75) is 0 Å². The summed E-state index contributed by atoms with van der Waals surface area (Å²) in [6.07, 6.45) is 0. The maximum Gasteiger partial charge on any atom is 0.276 e. The van der Waals surface area contributed by atoms with Crippen molar-refractivity contribution in [2.75, 3.05) is 0 Å². The predicted molar refractivity (Wildman–Crippen MR) is 118 cm³/mol. The van der Waals surface area contributed by atoms with Crippen molar-refractivity contribution in [2.24, 2.45) is 0 Å². The van der Waals surface area contributed by atoms with E-state index in [1.54, 1.807) is 0 Å². The first-order valence-corrected chi connectivity index (χ1v) is 9.77. The lowest BCUT2D eigenvalue weighted by molar-refractivity contribution is 1.01. The molecule has 0 spiro atoms. The quantitative estimate of drug-likeness (QED) is 0.397. The molecule has 3 heterocycles. The van der Waals surface area contributed by atoms with Gasteiger partial charge in [0, 0.05) is 16.5 Å². The summed E-state index contributed by atoms with van der Waals surface area (Å²) in [7, 11) is 0. The average Bonchev–Trinajstić information content (AvgIpc) is 3.38. The van der Waals surface area contributed by atoms with Gasteiger partial charge >= 0.3 is 0 Å². The van der Waals surface area contributed by atoms with Crippen LogP contribution in [0, 0.1) is 0 Å².